The van der Waals surface area contributed by atoms with Crippen LogP contribution in [0.3, 0.4) is 0 Å². The summed E-state index contributed by atoms with van der Waals surface area (Å²) in [6, 6.07) is 1.65. The van der Waals surface area contributed by atoms with Crippen LogP contribution in [0.5, 0.6) is 0 Å². The van der Waals surface area contributed by atoms with Gasteiger partial charge < -0.3 is 10.2 Å². The van der Waals surface area contributed by atoms with Gasteiger partial charge in [0.2, 0.25) is 0 Å². The van der Waals surface area contributed by atoms with Gasteiger partial charge in [0.05, 0.1) is 0 Å². The van der Waals surface area contributed by atoms with Gasteiger partial charge in [0.15, 0.2) is 0 Å². The monoisotopic (exact) mass is 240 g/mol. The standard InChI is InChI=1S/C13H24N2S/c1-15(11-5-6-16-9-11)8-13-12-4-2-3-10(12)7-14-13/h10-14H,2-9H2,1H3. The predicted molar refractivity (Wildman–Crippen MR) is 71.0 cm³/mol. The normalized spacial score (nSPS) is 43.1. The van der Waals surface area contributed by atoms with Crippen LogP contribution >= 0.6 is 11.8 Å². The third-order valence-electron chi connectivity index (χ3n) is 4.89. The molecule has 2 saturated heterocycles. The molecule has 4 unspecified atom stereocenters. The smallest absolute Gasteiger partial charge is 0.0226 e. The molecule has 3 heteroatoms. The van der Waals surface area contributed by atoms with Gasteiger partial charge in [-0.2, -0.15) is 11.8 Å². The van der Waals surface area contributed by atoms with Crippen molar-refractivity contribution in [1.29, 1.82) is 0 Å². The molecule has 16 heavy (non-hydrogen) atoms. The van der Waals surface area contributed by atoms with Crippen molar-refractivity contribution >= 4 is 11.8 Å². The van der Waals surface area contributed by atoms with Crippen molar-refractivity contribution in [2.75, 3.05) is 31.6 Å². The Kier molecular flexibility index (Phi) is 3.46. The molecule has 0 aromatic carbocycles. The largest absolute Gasteiger partial charge is 0.312 e. The zero-order valence-corrected chi connectivity index (χ0v) is 11.1. The Morgan fingerprint density at radius 2 is 2.25 bits per heavy atom. The number of thioether (sulfide) groups is 1. The van der Waals surface area contributed by atoms with Crippen LogP contribution in [-0.2, 0) is 0 Å². The van der Waals surface area contributed by atoms with Crippen molar-refractivity contribution in [3.8, 4) is 0 Å². The second-order valence-electron chi connectivity index (χ2n) is 5.83. The Bertz CT molecular complexity index is 240. The molecule has 0 aromatic rings. The number of rotatable bonds is 3. The lowest BCUT2D eigenvalue weighted by molar-refractivity contribution is 0.218. The fourth-order valence-electron chi connectivity index (χ4n) is 3.83. The molecule has 3 aliphatic rings. The summed E-state index contributed by atoms with van der Waals surface area (Å²) >= 11 is 2.13. The molecule has 0 bridgehead atoms. The van der Waals surface area contributed by atoms with E-state index in [-0.39, 0.29) is 0 Å². The lowest BCUT2D eigenvalue weighted by atomic mass is 9.93. The molecular formula is C13H24N2S. The number of nitrogens with one attached hydrogen (secondary N) is 1. The topological polar surface area (TPSA) is 15.3 Å². The summed E-state index contributed by atoms with van der Waals surface area (Å²) in [4.78, 5) is 2.62. The van der Waals surface area contributed by atoms with Gasteiger partial charge in [-0.05, 0) is 50.4 Å². The molecule has 0 aromatic heterocycles. The summed E-state index contributed by atoms with van der Waals surface area (Å²) in [5, 5.41) is 3.76. The highest BCUT2D eigenvalue weighted by atomic mass is 32.2. The van der Waals surface area contributed by atoms with Crippen molar-refractivity contribution in [3.05, 3.63) is 0 Å². The maximum Gasteiger partial charge on any atom is 0.0226 e. The second-order valence-corrected chi connectivity index (χ2v) is 6.98. The van der Waals surface area contributed by atoms with Crippen molar-refractivity contribution in [2.45, 2.75) is 37.8 Å². The zero-order valence-electron chi connectivity index (χ0n) is 10.3. The Balaban J connectivity index is 1.53. The van der Waals surface area contributed by atoms with Crippen LogP contribution in [0.25, 0.3) is 0 Å². The fourth-order valence-corrected chi connectivity index (χ4v) is 5.13. The van der Waals surface area contributed by atoms with E-state index in [4.69, 9.17) is 0 Å². The van der Waals surface area contributed by atoms with Crippen LogP contribution in [0.15, 0.2) is 0 Å². The van der Waals surface area contributed by atoms with E-state index in [2.05, 4.69) is 29.0 Å². The summed E-state index contributed by atoms with van der Waals surface area (Å²) < 4.78 is 0. The molecule has 3 rings (SSSR count). The highest BCUT2D eigenvalue weighted by molar-refractivity contribution is 7.99. The average molecular weight is 240 g/mol. The van der Waals surface area contributed by atoms with Crippen molar-refractivity contribution in [3.63, 3.8) is 0 Å². The molecule has 3 fully saturated rings. The molecule has 4 atom stereocenters. The molecule has 2 nitrogen and oxygen atoms in total. The molecule has 0 amide bonds. The number of hydrogen-bond acceptors (Lipinski definition) is 3. The van der Waals surface area contributed by atoms with Gasteiger partial charge >= 0.3 is 0 Å². The van der Waals surface area contributed by atoms with E-state index >= 15 is 0 Å². The number of likely N-dealkylation sites (N-methyl/N-ethyl adjacent to an activating group) is 1. The van der Waals surface area contributed by atoms with Crippen molar-refractivity contribution < 1.29 is 0 Å². The summed E-state index contributed by atoms with van der Waals surface area (Å²) in [7, 11) is 2.33. The maximum atomic E-state index is 3.76. The van der Waals surface area contributed by atoms with Crippen LogP contribution in [0.2, 0.25) is 0 Å². The minimum atomic E-state index is 0.795. The number of fused-ring (bicyclic) bond motifs is 1. The van der Waals surface area contributed by atoms with Gasteiger partial charge in [-0.15, -0.1) is 0 Å². The molecule has 0 radical (unpaired) electrons. The Hall–Kier alpha value is 0.270. The van der Waals surface area contributed by atoms with E-state index in [0.29, 0.717) is 0 Å². The predicted octanol–water partition coefficient (Wildman–Crippen LogP) is 1.81. The lowest BCUT2D eigenvalue weighted by Crippen LogP contribution is -2.43. The molecular weight excluding hydrogens is 216 g/mol. The van der Waals surface area contributed by atoms with E-state index in [1.165, 1.54) is 50.3 Å². The third kappa shape index (κ3) is 2.14. The Morgan fingerprint density at radius 1 is 1.31 bits per heavy atom. The first-order chi connectivity index (χ1) is 7.84. The van der Waals surface area contributed by atoms with Gasteiger partial charge in [-0.3, -0.25) is 0 Å². The van der Waals surface area contributed by atoms with E-state index in [1.54, 1.807) is 0 Å². The van der Waals surface area contributed by atoms with E-state index < -0.39 is 0 Å². The molecule has 1 aliphatic carbocycles. The average Bonchev–Trinajstić information content (AvgIpc) is 2.94. The first-order valence-corrected chi connectivity index (χ1v) is 8.01. The van der Waals surface area contributed by atoms with Gasteiger partial charge in [0.1, 0.15) is 0 Å². The summed E-state index contributed by atoms with van der Waals surface area (Å²) in [5.74, 6) is 4.74. The van der Waals surface area contributed by atoms with E-state index in [9.17, 15) is 0 Å². The second kappa shape index (κ2) is 4.87. The number of hydrogen-bond donors (Lipinski definition) is 1. The molecule has 2 aliphatic heterocycles. The maximum absolute atomic E-state index is 3.76. The molecule has 2 heterocycles. The van der Waals surface area contributed by atoms with Gasteiger partial charge in [-0.1, -0.05) is 6.42 Å². The highest BCUT2D eigenvalue weighted by Crippen LogP contribution is 2.38. The third-order valence-corrected chi connectivity index (χ3v) is 6.04. The van der Waals surface area contributed by atoms with Crippen LogP contribution in [0.4, 0.5) is 0 Å². The summed E-state index contributed by atoms with van der Waals surface area (Å²) in [5.41, 5.74) is 0. The van der Waals surface area contributed by atoms with Crippen LogP contribution < -0.4 is 5.32 Å². The Labute approximate surface area is 104 Å². The van der Waals surface area contributed by atoms with Gasteiger partial charge in [-0.25, -0.2) is 0 Å². The molecule has 1 N–H and O–H groups in total. The minimum absolute atomic E-state index is 0.795. The van der Waals surface area contributed by atoms with Crippen LogP contribution in [0, 0.1) is 11.8 Å². The SMILES string of the molecule is CN(CC1NCC2CCCC21)C1CCSC1. The van der Waals surface area contributed by atoms with Gasteiger partial charge in [0.25, 0.3) is 0 Å². The van der Waals surface area contributed by atoms with Crippen molar-refractivity contribution in [2.24, 2.45) is 11.8 Å². The highest BCUT2D eigenvalue weighted by Gasteiger charge is 2.39. The quantitative estimate of drug-likeness (QED) is 0.810. The molecule has 0 spiro atoms. The zero-order chi connectivity index (χ0) is 11.0. The molecule has 1 saturated carbocycles. The van der Waals surface area contributed by atoms with Crippen LogP contribution in [-0.4, -0.2) is 48.6 Å². The lowest BCUT2D eigenvalue weighted by Gasteiger charge is -2.29. The fraction of sp³-hybridized carbons (Fsp3) is 1.00. The van der Waals surface area contributed by atoms with Gasteiger partial charge in [0, 0.05) is 24.4 Å². The van der Waals surface area contributed by atoms with Crippen LogP contribution in [0.1, 0.15) is 25.7 Å². The first kappa shape index (κ1) is 11.4. The van der Waals surface area contributed by atoms with E-state index in [0.717, 1.165) is 23.9 Å². The van der Waals surface area contributed by atoms with Crippen molar-refractivity contribution in [1.82, 2.24) is 10.2 Å². The first-order valence-electron chi connectivity index (χ1n) is 6.86. The summed E-state index contributed by atoms with van der Waals surface area (Å²) in [6.45, 7) is 2.58. The number of nitrogens with zero attached hydrogens (tertiary/aromatic N) is 1. The Morgan fingerprint density at radius 3 is 3.06 bits per heavy atom. The minimum Gasteiger partial charge on any atom is -0.312 e. The van der Waals surface area contributed by atoms with E-state index in [1.807, 2.05) is 0 Å². The summed E-state index contributed by atoms with van der Waals surface area (Å²) in [6.07, 6.45) is 5.85. The molecule has 92 valence electrons.